The molecule has 0 spiro atoms. The lowest BCUT2D eigenvalue weighted by atomic mass is 9.78. The molecular formula is C18H21N3O2. The van der Waals surface area contributed by atoms with Crippen molar-refractivity contribution < 1.29 is 9.90 Å². The molecule has 0 unspecified atom stereocenters. The second-order valence-electron chi connectivity index (χ2n) is 6.80. The van der Waals surface area contributed by atoms with E-state index in [-0.39, 0.29) is 11.7 Å². The number of rotatable bonds is 2. The number of benzene rings is 1. The number of anilines is 1. The highest BCUT2D eigenvalue weighted by Crippen LogP contribution is 2.52. The first kappa shape index (κ1) is 14.3. The van der Waals surface area contributed by atoms with Crippen LogP contribution in [0.25, 0.3) is 0 Å². The van der Waals surface area contributed by atoms with E-state index in [1.165, 1.54) is 34.3 Å². The summed E-state index contributed by atoms with van der Waals surface area (Å²) < 4.78 is 1.47. The van der Waals surface area contributed by atoms with E-state index in [1.54, 1.807) is 13.1 Å². The number of aromatic nitrogens is 2. The minimum Gasteiger partial charge on any atom is -0.477 e. The summed E-state index contributed by atoms with van der Waals surface area (Å²) in [5, 5.41) is 17.4. The van der Waals surface area contributed by atoms with Crippen molar-refractivity contribution in [2.75, 3.05) is 5.32 Å². The molecule has 23 heavy (non-hydrogen) atoms. The Kier molecular flexibility index (Phi) is 3.18. The van der Waals surface area contributed by atoms with Gasteiger partial charge in [-0.05, 0) is 49.3 Å². The Labute approximate surface area is 135 Å². The van der Waals surface area contributed by atoms with Crippen molar-refractivity contribution in [2.45, 2.75) is 38.1 Å². The lowest BCUT2D eigenvalue weighted by Crippen LogP contribution is -2.29. The van der Waals surface area contributed by atoms with Gasteiger partial charge in [0.2, 0.25) is 0 Å². The molecule has 2 N–H and O–H groups in total. The molecule has 0 amide bonds. The topological polar surface area (TPSA) is 67.1 Å². The zero-order valence-electron chi connectivity index (χ0n) is 13.4. The summed E-state index contributed by atoms with van der Waals surface area (Å²) in [6.07, 6.45) is 3.59. The number of aryl methyl sites for hydroxylation is 2. The number of fused-ring (bicyclic) bond motifs is 3. The minimum absolute atomic E-state index is 0.0945. The predicted octanol–water partition coefficient (Wildman–Crippen LogP) is 3.48. The van der Waals surface area contributed by atoms with Crippen molar-refractivity contribution in [1.29, 1.82) is 0 Å². The first-order valence-electron chi connectivity index (χ1n) is 8.19. The molecule has 0 saturated heterocycles. The quantitative estimate of drug-likeness (QED) is 0.891. The average molecular weight is 311 g/mol. The SMILES string of the molecule is Cc1ccc2c(c1)[C@@H]1CCC[C@@H]1[C@H](c1cc(C(=O)O)n(C)n1)N2. The molecule has 2 aliphatic rings. The van der Waals surface area contributed by atoms with E-state index in [0.717, 1.165) is 12.1 Å². The predicted molar refractivity (Wildman–Crippen MR) is 87.8 cm³/mol. The standard InChI is InChI=1S/C18H21N3O2/c1-10-6-7-14-13(8-10)11-4-3-5-12(11)17(19-14)15-9-16(18(22)23)21(2)20-15/h6-9,11-12,17,19H,3-5H2,1-2H3,(H,22,23)/t11-,12+,17-/m1/s1. The van der Waals surface area contributed by atoms with Crippen LogP contribution in [0.2, 0.25) is 0 Å². The summed E-state index contributed by atoms with van der Waals surface area (Å²) in [4.78, 5) is 11.3. The van der Waals surface area contributed by atoms with Crippen molar-refractivity contribution in [2.24, 2.45) is 13.0 Å². The molecular weight excluding hydrogens is 290 g/mol. The van der Waals surface area contributed by atoms with Crippen LogP contribution in [0.4, 0.5) is 5.69 Å². The van der Waals surface area contributed by atoms with Crippen LogP contribution in [0.3, 0.4) is 0 Å². The largest absolute Gasteiger partial charge is 0.477 e. The number of hydrogen-bond acceptors (Lipinski definition) is 3. The summed E-state index contributed by atoms with van der Waals surface area (Å²) in [5.41, 5.74) is 4.96. The Bertz CT molecular complexity index is 781. The van der Waals surface area contributed by atoms with Gasteiger partial charge in [0, 0.05) is 12.7 Å². The van der Waals surface area contributed by atoms with E-state index < -0.39 is 5.97 Å². The maximum absolute atomic E-state index is 11.3. The fourth-order valence-corrected chi connectivity index (χ4v) is 4.30. The molecule has 0 radical (unpaired) electrons. The molecule has 120 valence electrons. The Morgan fingerprint density at radius 3 is 2.91 bits per heavy atom. The maximum Gasteiger partial charge on any atom is 0.354 e. The van der Waals surface area contributed by atoms with Gasteiger partial charge in [-0.3, -0.25) is 4.68 Å². The maximum atomic E-state index is 11.3. The molecule has 5 nitrogen and oxygen atoms in total. The lowest BCUT2D eigenvalue weighted by molar-refractivity contribution is 0.0685. The van der Waals surface area contributed by atoms with Crippen molar-refractivity contribution in [3.8, 4) is 0 Å². The zero-order chi connectivity index (χ0) is 16.1. The zero-order valence-corrected chi connectivity index (χ0v) is 13.4. The number of carbonyl (C=O) groups is 1. The molecule has 0 bridgehead atoms. The molecule has 2 heterocycles. The highest BCUT2D eigenvalue weighted by atomic mass is 16.4. The molecule has 1 aliphatic carbocycles. The Morgan fingerprint density at radius 1 is 1.35 bits per heavy atom. The summed E-state index contributed by atoms with van der Waals surface area (Å²) >= 11 is 0. The van der Waals surface area contributed by atoms with Gasteiger partial charge in [-0.2, -0.15) is 5.10 Å². The van der Waals surface area contributed by atoms with Crippen molar-refractivity contribution in [3.63, 3.8) is 0 Å². The summed E-state index contributed by atoms with van der Waals surface area (Å²) in [7, 11) is 1.69. The highest BCUT2D eigenvalue weighted by molar-refractivity contribution is 5.85. The van der Waals surface area contributed by atoms with Gasteiger partial charge >= 0.3 is 5.97 Å². The summed E-state index contributed by atoms with van der Waals surface area (Å²) in [6, 6.07) is 8.38. The highest BCUT2D eigenvalue weighted by Gasteiger charge is 2.41. The molecule has 1 aromatic heterocycles. The van der Waals surface area contributed by atoms with Gasteiger partial charge in [-0.15, -0.1) is 0 Å². The molecule has 1 aliphatic heterocycles. The van der Waals surface area contributed by atoms with Gasteiger partial charge in [-0.1, -0.05) is 24.1 Å². The average Bonchev–Trinajstić information content (AvgIpc) is 3.13. The fourth-order valence-electron chi connectivity index (χ4n) is 4.30. The number of nitrogens with one attached hydrogen (secondary N) is 1. The van der Waals surface area contributed by atoms with Crippen LogP contribution in [-0.2, 0) is 7.05 Å². The molecule has 5 heteroatoms. The second-order valence-corrected chi connectivity index (χ2v) is 6.80. The number of carboxylic acid groups (broad SMARTS) is 1. The van der Waals surface area contributed by atoms with Crippen molar-refractivity contribution >= 4 is 11.7 Å². The Balaban J connectivity index is 1.77. The Morgan fingerprint density at radius 2 is 2.17 bits per heavy atom. The monoisotopic (exact) mass is 311 g/mol. The van der Waals surface area contributed by atoms with Crippen LogP contribution in [0.1, 0.15) is 58.5 Å². The van der Waals surface area contributed by atoms with Crippen molar-refractivity contribution in [3.05, 3.63) is 46.8 Å². The van der Waals surface area contributed by atoms with Gasteiger partial charge in [0.15, 0.2) is 0 Å². The van der Waals surface area contributed by atoms with Crippen LogP contribution in [0.15, 0.2) is 24.3 Å². The number of nitrogens with zero attached hydrogens (tertiary/aromatic N) is 2. The lowest BCUT2D eigenvalue weighted by Gasteiger charge is -2.36. The second kappa shape index (κ2) is 5.11. The van der Waals surface area contributed by atoms with E-state index >= 15 is 0 Å². The van der Waals surface area contributed by atoms with Crippen LogP contribution < -0.4 is 5.32 Å². The van der Waals surface area contributed by atoms with E-state index in [2.05, 4.69) is 35.5 Å². The van der Waals surface area contributed by atoms with E-state index in [4.69, 9.17) is 0 Å². The molecule has 2 aromatic rings. The fraction of sp³-hybridized carbons (Fsp3) is 0.444. The molecule has 1 saturated carbocycles. The number of carboxylic acids is 1. The van der Waals surface area contributed by atoms with Crippen LogP contribution in [0.5, 0.6) is 0 Å². The third kappa shape index (κ3) is 2.22. The first-order valence-corrected chi connectivity index (χ1v) is 8.19. The van der Waals surface area contributed by atoms with Crippen LogP contribution in [-0.4, -0.2) is 20.9 Å². The van der Waals surface area contributed by atoms with Crippen LogP contribution >= 0.6 is 0 Å². The molecule has 1 aromatic carbocycles. The molecule has 4 rings (SSSR count). The van der Waals surface area contributed by atoms with Gasteiger partial charge < -0.3 is 10.4 Å². The first-order chi connectivity index (χ1) is 11.0. The number of aromatic carboxylic acids is 1. The minimum atomic E-state index is -0.930. The third-order valence-corrected chi connectivity index (χ3v) is 5.35. The third-order valence-electron chi connectivity index (χ3n) is 5.35. The normalized spacial score (nSPS) is 25.6. The van der Waals surface area contributed by atoms with E-state index in [0.29, 0.717) is 11.8 Å². The molecule has 3 atom stereocenters. The van der Waals surface area contributed by atoms with Gasteiger partial charge in [0.1, 0.15) is 5.69 Å². The summed E-state index contributed by atoms with van der Waals surface area (Å²) in [5.74, 6) is 0.105. The van der Waals surface area contributed by atoms with E-state index in [1.807, 2.05) is 0 Å². The Hall–Kier alpha value is -2.30. The van der Waals surface area contributed by atoms with Gasteiger partial charge in [-0.25, -0.2) is 4.79 Å². The van der Waals surface area contributed by atoms with Gasteiger partial charge in [0.25, 0.3) is 0 Å². The number of hydrogen-bond donors (Lipinski definition) is 2. The summed E-state index contributed by atoms with van der Waals surface area (Å²) in [6.45, 7) is 2.13. The van der Waals surface area contributed by atoms with Crippen LogP contribution in [0, 0.1) is 12.8 Å². The van der Waals surface area contributed by atoms with Crippen molar-refractivity contribution in [1.82, 2.24) is 9.78 Å². The van der Waals surface area contributed by atoms with Gasteiger partial charge in [0.05, 0.1) is 11.7 Å². The van der Waals surface area contributed by atoms with E-state index in [9.17, 15) is 9.90 Å². The smallest absolute Gasteiger partial charge is 0.354 e. The molecule has 1 fully saturated rings.